The fourth-order valence-electron chi connectivity index (χ4n) is 3.69. The van der Waals surface area contributed by atoms with Gasteiger partial charge in [0, 0.05) is 7.05 Å². The van der Waals surface area contributed by atoms with E-state index < -0.39 is 29.6 Å². The number of carbonyl (C=O) groups is 3. The fourth-order valence-corrected chi connectivity index (χ4v) is 3.69. The molecule has 0 aliphatic carbocycles. The number of benzene rings is 2. The average molecular weight is 407 g/mol. The second kappa shape index (κ2) is 7.55. The number of para-hydroxylation sites is 1. The number of urea groups is 1. The van der Waals surface area contributed by atoms with Gasteiger partial charge in [-0.2, -0.15) is 4.90 Å². The number of rotatable bonds is 4. The summed E-state index contributed by atoms with van der Waals surface area (Å²) in [6.45, 7) is 0.276. The van der Waals surface area contributed by atoms with Crippen molar-refractivity contribution in [3.63, 3.8) is 0 Å². The fraction of sp³-hybridized carbons (Fsp3) is 0.182. The Morgan fingerprint density at radius 3 is 2.40 bits per heavy atom. The maximum absolute atomic E-state index is 14.0. The van der Waals surface area contributed by atoms with Crippen LogP contribution in [0.5, 0.6) is 0 Å². The van der Waals surface area contributed by atoms with Crippen LogP contribution >= 0.6 is 0 Å². The zero-order valence-corrected chi connectivity index (χ0v) is 16.5. The maximum atomic E-state index is 14.0. The van der Waals surface area contributed by atoms with Gasteiger partial charge in [0.15, 0.2) is 11.6 Å². The van der Waals surface area contributed by atoms with Crippen molar-refractivity contribution >= 4 is 29.4 Å². The highest BCUT2D eigenvalue weighted by molar-refractivity contribution is 6.19. The lowest BCUT2D eigenvalue weighted by atomic mass is 10.0. The van der Waals surface area contributed by atoms with Crippen LogP contribution in [0.15, 0.2) is 66.4 Å². The molecule has 2 aliphatic rings. The van der Waals surface area contributed by atoms with Crippen molar-refractivity contribution in [3.8, 4) is 0 Å². The third kappa shape index (κ3) is 3.26. The smallest absolute Gasteiger partial charge is 0.316 e. The third-order valence-electron chi connectivity index (χ3n) is 5.22. The van der Waals surface area contributed by atoms with Crippen molar-refractivity contribution in [1.29, 1.82) is 0 Å². The van der Waals surface area contributed by atoms with Gasteiger partial charge in [-0.25, -0.2) is 18.7 Å². The van der Waals surface area contributed by atoms with Crippen molar-refractivity contribution in [2.75, 3.05) is 19.4 Å². The lowest BCUT2D eigenvalue weighted by molar-refractivity contribution is -0.489. The van der Waals surface area contributed by atoms with Gasteiger partial charge >= 0.3 is 6.03 Å². The first kappa shape index (κ1) is 19.5. The molecule has 1 unspecified atom stereocenters. The van der Waals surface area contributed by atoms with E-state index in [2.05, 4.69) is 5.32 Å². The summed E-state index contributed by atoms with van der Waals surface area (Å²) in [5, 5.41) is 2.56. The molecule has 1 fully saturated rings. The van der Waals surface area contributed by atoms with Gasteiger partial charge in [0.1, 0.15) is 12.4 Å². The van der Waals surface area contributed by atoms with E-state index in [0.29, 0.717) is 5.84 Å². The summed E-state index contributed by atoms with van der Waals surface area (Å²) in [4.78, 5) is 40.7. The molecule has 0 aromatic heterocycles. The minimum Gasteiger partial charge on any atom is -0.316 e. The minimum absolute atomic E-state index is 0.0378. The molecule has 0 spiro atoms. The quantitative estimate of drug-likeness (QED) is 0.792. The Balaban J connectivity index is 1.77. The highest BCUT2D eigenvalue weighted by Gasteiger charge is 2.51. The number of amides is 4. The van der Waals surface area contributed by atoms with E-state index >= 15 is 0 Å². The van der Waals surface area contributed by atoms with Gasteiger partial charge in [0.25, 0.3) is 17.6 Å². The van der Waals surface area contributed by atoms with Gasteiger partial charge < -0.3 is 5.32 Å². The molecule has 2 aromatic carbocycles. The number of nitrogens with one attached hydrogen (secondary N) is 1. The molecule has 152 valence electrons. The molecule has 30 heavy (non-hydrogen) atoms. The number of amidine groups is 1. The van der Waals surface area contributed by atoms with Crippen LogP contribution in [-0.2, 0) is 16.1 Å². The Kier molecular flexibility index (Phi) is 4.91. The van der Waals surface area contributed by atoms with Gasteiger partial charge in [-0.15, -0.1) is 0 Å². The predicted molar refractivity (Wildman–Crippen MR) is 108 cm³/mol. The van der Waals surface area contributed by atoms with Gasteiger partial charge in [-0.05, 0) is 23.8 Å². The molecule has 0 saturated carbocycles. The van der Waals surface area contributed by atoms with Crippen LogP contribution in [0, 0.1) is 11.7 Å². The van der Waals surface area contributed by atoms with Crippen LogP contribution in [0.25, 0.3) is 0 Å². The number of carbonyl (C=O) groups excluding carboxylic acids is 3. The third-order valence-corrected chi connectivity index (χ3v) is 5.22. The van der Waals surface area contributed by atoms with Gasteiger partial charge in [-0.3, -0.25) is 9.59 Å². The van der Waals surface area contributed by atoms with Gasteiger partial charge in [0.05, 0.1) is 12.7 Å². The van der Waals surface area contributed by atoms with E-state index in [-0.39, 0.29) is 17.9 Å². The van der Waals surface area contributed by atoms with Crippen LogP contribution in [0.3, 0.4) is 0 Å². The number of fused-ring (bicyclic) bond motifs is 1. The number of hydrogen-bond acceptors (Lipinski definition) is 3. The van der Waals surface area contributed by atoms with Crippen molar-refractivity contribution in [1.82, 2.24) is 9.80 Å². The van der Waals surface area contributed by atoms with E-state index in [1.54, 1.807) is 17.7 Å². The molecule has 0 radical (unpaired) electrons. The molecule has 8 heteroatoms. The molecule has 2 heterocycles. The predicted octanol–water partition coefficient (Wildman–Crippen LogP) is 2.41. The Hall–Kier alpha value is -3.81. The Morgan fingerprint density at radius 2 is 1.70 bits per heavy atom. The molecule has 1 atom stereocenters. The SMILES string of the molecule is CN1C(=O)C2C=C(C(=O)Nc3ccccc3F)[N+](Cc3ccccc3)=C2N(C)C1=O. The molecule has 0 bridgehead atoms. The highest BCUT2D eigenvalue weighted by atomic mass is 19.1. The summed E-state index contributed by atoms with van der Waals surface area (Å²) in [5.41, 5.74) is 1.11. The van der Waals surface area contributed by atoms with Crippen LogP contribution in [-0.4, -0.2) is 52.2 Å². The van der Waals surface area contributed by atoms with E-state index in [0.717, 1.165) is 10.5 Å². The minimum atomic E-state index is -0.775. The number of anilines is 1. The lowest BCUT2D eigenvalue weighted by Gasteiger charge is -2.27. The summed E-state index contributed by atoms with van der Waals surface area (Å²) in [6, 6.07) is 14.8. The maximum Gasteiger partial charge on any atom is 0.417 e. The average Bonchev–Trinajstić information content (AvgIpc) is 3.12. The lowest BCUT2D eigenvalue weighted by Crippen LogP contribution is -2.57. The Bertz CT molecular complexity index is 1110. The molecule has 7 nitrogen and oxygen atoms in total. The summed E-state index contributed by atoms with van der Waals surface area (Å²) >= 11 is 0. The highest BCUT2D eigenvalue weighted by Crippen LogP contribution is 2.28. The van der Waals surface area contributed by atoms with Crippen molar-refractivity contribution in [3.05, 3.63) is 77.8 Å². The van der Waals surface area contributed by atoms with Crippen LogP contribution in [0.2, 0.25) is 0 Å². The molecule has 2 aliphatic heterocycles. The van der Waals surface area contributed by atoms with Gasteiger partial charge in [0.2, 0.25) is 0 Å². The molecule has 4 rings (SSSR count). The largest absolute Gasteiger partial charge is 0.417 e. The summed E-state index contributed by atoms with van der Waals surface area (Å²) in [6.07, 6.45) is 1.52. The Morgan fingerprint density at radius 1 is 1.03 bits per heavy atom. The topological polar surface area (TPSA) is 72.7 Å². The molecular formula is C22H20FN4O3+. The molecular weight excluding hydrogens is 387 g/mol. The van der Waals surface area contributed by atoms with E-state index in [4.69, 9.17) is 0 Å². The first-order valence-electron chi connectivity index (χ1n) is 9.39. The number of halogens is 1. The molecule has 4 amide bonds. The summed E-state index contributed by atoms with van der Waals surface area (Å²) in [7, 11) is 2.97. The van der Waals surface area contributed by atoms with Crippen molar-refractivity contribution in [2.24, 2.45) is 5.92 Å². The van der Waals surface area contributed by atoms with E-state index in [1.165, 1.54) is 36.2 Å². The zero-order valence-electron chi connectivity index (χ0n) is 16.5. The second-order valence-corrected chi connectivity index (χ2v) is 7.13. The normalized spacial score (nSPS) is 18.5. The molecule has 2 aromatic rings. The first-order valence-corrected chi connectivity index (χ1v) is 9.39. The van der Waals surface area contributed by atoms with Crippen LogP contribution in [0.1, 0.15) is 5.56 Å². The zero-order chi connectivity index (χ0) is 21.4. The van der Waals surface area contributed by atoms with Crippen LogP contribution in [0.4, 0.5) is 14.9 Å². The van der Waals surface area contributed by atoms with E-state index in [9.17, 15) is 18.8 Å². The number of nitrogens with zero attached hydrogens (tertiary/aromatic N) is 3. The second-order valence-electron chi connectivity index (χ2n) is 7.13. The van der Waals surface area contributed by atoms with Gasteiger partial charge in [-0.1, -0.05) is 42.5 Å². The first-order chi connectivity index (χ1) is 14.4. The Labute approximate surface area is 172 Å². The summed E-state index contributed by atoms with van der Waals surface area (Å²) < 4.78 is 15.7. The number of hydrogen-bond donors (Lipinski definition) is 1. The van der Waals surface area contributed by atoms with Crippen molar-refractivity contribution < 1.29 is 23.3 Å². The molecule has 1 saturated heterocycles. The standard InChI is InChI=1S/C22H19FN4O3/c1-25-20-15(21(29)26(2)22(25)30)12-18(27(20)13-14-8-4-3-5-9-14)19(28)24-17-11-7-6-10-16(17)23/h3-12,15H,13H2,1-2H3/p+1. The summed E-state index contributed by atoms with van der Waals surface area (Å²) in [5.74, 6) is -1.91. The molecule has 1 N–H and O–H groups in total. The van der Waals surface area contributed by atoms with Crippen molar-refractivity contribution in [2.45, 2.75) is 6.54 Å². The van der Waals surface area contributed by atoms with Crippen LogP contribution < -0.4 is 5.32 Å². The monoisotopic (exact) mass is 407 g/mol. The number of imide groups is 1. The van der Waals surface area contributed by atoms with E-state index in [1.807, 2.05) is 30.3 Å².